The summed E-state index contributed by atoms with van der Waals surface area (Å²) in [6.07, 6.45) is 1.50. The van der Waals surface area contributed by atoms with Gasteiger partial charge in [0.15, 0.2) is 5.69 Å². The van der Waals surface area contributed by atoms with Crippen LogP contribution in [0.25, 0.3) is 0 Å². The number of nitrogens with zero attached hydrogens (tertiary/aromatic N) is 2. The van der Waals surface area contributed by atoms with E-state index < -0.39 is 5.97 Å². The van der Waals surface area contributed by atoms with Gasteiger partial charge in [-0.05, 0) is 36.4 Å². The Balaban J connectivity index is 2.08. The van der Waals surface area contributed by atoms with Gasteiger partial charge in [0.25, 0.3) is 0 Å². The molecular weight excluding hydrogens is 268 g/mol. The van der Waals surface area contributed by atoms with Crippen LogP contribution in [-0.2, 0) is 13.1 Å². The van der Waals surface area contributed by atoms with Crippen molar-refractivity contribution in [3.8, 4) is 5.75 Å². The average molecular weight is 286 g/mol. The van der Waals surface area contributed by atoms with E-state index in [0.717, 1.165) is 11.3 Å². The van der Waals surface area contributed by atoms with E-state index in [1.807, 2.05) is 36.2 Å². The molecule has 0 atom stereocenters. The van der Waals surface area contributed by atoms with E-state index in [2.05, 4.69) is 4.98 Å². The number of aromatic nitrogens is 1. The SMILES string of the molecule is COc1cccc(CN(C)Cc2cccnc2C(=O)O)c1. The van der Waals surface area contributed by atoms with Crippen molar-refractivity contribution in [3.63, 3.8) is 0 Å². The molecule has 2 aromatic rings. The van der Waals surface area contributed by atoms with Gasteiger partial charge in [-0.15, -0.1) is 0 Å². The predicted molar refractivity (Wildman–Crippen MR) is 79.4 cm³/mol. The largest absolute Gasteiger partial charge is 0.497 e. The Bertz CT molecular complexity index is 628. The monoisotopic (exact) mass is 286 g/mol. The van der Waals surface area contributed by atoms with Crippen molar-refractivity contribution in [1.29, 1.82) is 0 Å². The Morgan fingerprint density at radius 2 is 2.10 bits per heavy atom. The smallest absolute Gasteiger partial charge is 0.354 e. The van der Waals surface area contributed by atoms with Gasteiger partial charge in [0.2, 0.25) is 0 Å². The van der Waals surface area contributed by atoms with Crippen LogP contribution in [0.2, 0.25) is 0 Å². The molecule has 110 valence electrons. The zero-order valence-corrected chi connectivity index (χ0v) is 12.1. The molecule has 0 saturated heterocycles. The molecule has 1 heterocycles. The van der Waals surface area contributed by atoms with E-state index >= 15 is 0 Å². The number of methoxy groups -OCH3 is 1. The zero-order chi connectivity index (χ0) is 15.2. The molecule has 0 aliphatic rings. The van der Waals surface area contributed by atoms with Gasteiger partial charge in [-0.3, -0.25) is 4.90 Å². The third-order valence-corrected chi connectivity index (χ3v) is 3.12. The molecule has 21 heavy (non-hydrogen) atoms. The summed E-state index contributed by atoms with van der Waals surface area (Å²) in [6, 6.07) is 11.4. The highest BCUT2D eigenvalue weighted by Gasteiger charge is 2.12. The maximum absolute atomic E-state index is 11.1. The fourth-order valence-electron chi connectivity index (χ4n) is 2.19. The molecule has 5 heteroatoms. The topological polar surface area (TPSA) is 62.7 Å². The maximum atomic E-state index is 11.1. The van der Waals surface area contributed by atoms with Gasteiger partial charge in [0.05, 0.1) is 7.11 Å². The van der Waals surface area contributed by atoms with Gasteiger partial charge in [0.1, 0.15) is 5.75 Å². The lowest BCUT2D eigenvalue weighted by Gasteiger charge is -2.18. The van der Waals surface area contributed by atoms with Crippen LogP contribution < -0.4 is 4.74 Å². The Kier molecular flexibility index (Phi) is 4.90. The van der Waals surface area contributed by atoms with Crippen LogP contribution in [-0.4, -0.2) is 35.1 Å². The van der Waals surface area contributed by atoms with Crippen LogP contribution in [0.15, 0.2) is 42.6 Å². The minimum Gasteiger partial charge on any atom is -0.497 e. The van der Waals surface area contributed by atoms with Gasteiger partial charge < -0.3 is 9.84 Å². The van der Waals surface area contributed by atoms with Crippen molar-refractivity contribution < 1.29 is 14.6 Å². The first kappa shape index (κ1) is 15.0. The number of ether oxygens (including phenoxy) is 1. The second kappa shape index (κ2) is 6.85. The molecule has 1 aromatic carbocycles. The summed E-state index contributed by atoms with van der Waals surface area (Å²) < 4.78 is 5.20. The molecule has 0 radical (unpaired) electrons. The van der Waals surface area contributed by atoms with E-state index in [-0.39, 0.29) is 5.69 Å². The lowest BCUT2D eigenvalue weighted by molar-refractivity contribution is 0.0688. The Labute approximate surface area is 123 Å². The summed E-state index contributed by atoms with van der Waals surface area (Å²) in [5, 5.41) is 9.14. The van der Waals surface area contributed by atoms with Crippen molar-refractivity contribution in [2.75, 3.05) is 14.2 Å². The van der Waals surface area contributed by atoms with Gasteiger partial charge in [0, 0.05) is 19.3 Å². The van der Waals surface area contributed by atoms with Crippen LogP contribution in [0.4, 0.5) is 0 Å². The van der Waals surface area contributed by atoms with Crippen molar-refractivity contribution >= 4 is 5.97 Å². The summed E-state index contributed by atoms with van der Waals surface area (Å²) in [5.41, 5.74) is 1.92. The Morgan fingerprint density at radius 1 is 1.29 bits per heavy atom. The standard InChI is InChI=1S/C16H18N2O3/c1-18(10-12-5-3-7-14(9-12)21-2)11-13-6-4-8-17-15(13)16(19)20/h3-9H,10-11H2,1-2H3,(H,19,20). The lowest BCUT2D eigenvalue weighted by Crippen LogP contribution is -2.19. The highest BCUT2D eigenvalue weighted by molar-refractivity contribution is 5.86. The van der Waals surface area contributed by atoms with E-state index in [9.17, 15) is 4.79 Å². The number of rotatable bonds is 6. The van der Waals surface area contributed by atoms with Gasteiger partial charge in [-0.25, -0.2) is 9.78 Å². The summed E-state index contributed by atoms with van der Waals surface area (Å²) in [7, 11) is 3.58. The molecule has 0 aliphatic heterocycles. The molecule has 1 N–H and O–H groups in total. The molecule has 5 nitrogen and oxygen atoms in total. The van der Waals surface area contributed by atoms with E-state index in [0.29, 0.717) is 18.7 Å². The van der Waals surface area contributed by atoms with Crippen LogP contribution in [0, 0.1) is 0 Å². The second-order valence-corrected chi connectivity index (χ2v) is 4.84. The summed E-state index contributed by atoms with van der Waals surface area (Å²) in [5.74, 6) is -0.186. The minimum absolute atomic E-state index is 0.106. The second-order valence-electron chi connectivity index (χ2n) is 4.84. The number of hydrogen-bond donors (Lipinski definition) is 1. The first-order valence-electron chi connectivity index (χ1n) is 6.59. The Hall–Kier alpha value is -2.40. The quantitative estimate of drug-likeness (QED) is 0.883. The molecule has 0 bridgehead atoms. The highest BCUT2D eigenvalue weighted by Crippen LogP contribution is 2.15. The fraction of sp³-hybridized carbons (Fsp3) is 0.250. The first-order chi connectivity index (χ1) is 10.1. The van der Waals surface area contributed by atoms with Crippen LogP contribution >= 0.6 is 0 Å². The zero-order valence-electron chi connectivity index (χ0n) is 12.1. The van der Waals surface area contributed by atoms with Crippen LogP contribution in [0.5, 0.6) is 5.75 Å². The minimum atomic E-state index is -1.000. The molecular formula is C16H18N2O3. The van der Waals surface area contributed by atoms with Crippen molar-refractivity contribution in [3.05, 3.63) is 59.4 Å². The number of pyridine rings is 1. The van der Waals surface area contributed by atoms with E-state index in [4.69, 9.17) is 9.84 Å². The van der Waals surface area contributed by atoms with E-state index in [1.165, 1.54) is 6.20 Å². The number of hydrogen-bond acceptors (Lipinski definition) is 4. The third kappa shape index (κ3) is 4.03. The molecule has 0 saturated carbocycles. The van der Waals surface area contributed by atoms with E-state index in [1.54, 1.807) is 19.2 Å². The number of carboxylic acids is 1. The summed E-state index contributed by atoms with van der Waals surface area (Å²) in [4.78, 5) is 17.1. The van der Waals surface area contributed by atoms with Crippen LogP contribution in [0.3, 0.4) is 0 Å². The molecule has 1 aromatic heterocycles. The normalized spacial score (nSPS) is 10.6. The lowest BCUT2D eigenvalue weighted by atomic mass is 10.1. The molecule has 0 spiro atoms. The van der Waals surface area contributed by atoms with Gasteiger partial charge in [-0.2, -0.15) is 0 Å². The number of carbonyl (C=O) groups is 1. The first-order valence-corrected chi connectivity index (χ1v) is 6.59. The third-order valence-electron chi connectivity index (χ3n) is 3.12. The fourth-order valence-corrected chi connectivity index (χ4v) is 2.19. The molecule has 0 aliphatic carbocycles. The number of carboxylic acid groups (broad SMARTS) is 1. The molecule has 0 amide bonds. The van der Waals surface area contributed by atoms with Crippen LogP contribution in [0.1, 0.15) is 21.6 Å². The average Bonchev–Trinajstić information content (AvgIpc) is 2.47. The van der Waals surface area contributed by atoms with Gasteiger partial charge in [-0.1, -0.05) is 18.2 Å². The molecule has 0 fully saturated rings. The number of benzene rings is 1. The van der Waals surface area contributed by atoms with Crippen molar-refractivity contribution in [2.45, 2.75) is 13.1 Å². The number of aromatic carboxylic acids is 1. The summed E-state index contributed by atoms with van der Waals surface area (Å²) in [6.45, 7) is 1.22. The predicted octanol–water partition coefficient (Wildman–Crippen LogP) is 2.42. The molecule has 2 rings (SSSR count). The summed E-state index contributed by atoms with van der Waals surface area (Å²) >= 11 is 0. The van der Waals surface area contributed by atoms with Crippen molar-refractivity contribution in [1.82, 2.24) is 9.88 Å². The van der Waals surface area contributed by atoms with Crippen molar-refractivity contribution in [2.24, 2.45) is 0 Å². The maximum Gasteiger partial charge on any atom is 0.354 e. The van der Waals surface area contributed by atoms with Gasteiger partial charge >= 0.3 is 5.97 Å². The highest BCUT2D eigenvalue weighted by atomic mass is 16.5. The Morgan fingerprint density at radius 3 is 2.81 bits per heavy atom. The molecule has 0 unspecified atom stereocenters.